The van der Waals surface area contributed by atoms with E-state index in [1.807, 2.05) is 13.8 Å². The van der Waals surface area contributed by atoms with E-state index in [-0.39, 0.29) is 0 Å². The molecule has 0 heterocycles. The van der Waals surface area contributed by atoms with Gasteiger partial charge in [-0.3, -0.25) is 4.99 Å². The number of hydrogen-bond donors (Lipinski definition) is 2. The number of sulfonamides is 1. The number of guanidine groups is 1. The Labute approximate surface area is 129 Å². The zero-order valence-corrected chi connectivity index (χ0v) is 14.5. The third-order valence-electron chi connectivity index (χ3n) is 2.82. The Bertz CT molecular complexity index is 385. The van der Waals surface area contributed by atoms with Crippen LogP contribution >= 0.6 is 0 Å². The van der Waals surface area contributed by atoms with E-state index in [2.05, 4.69) is 15.6 Å². The van der Waals surface area contributed by atoms with E-state index in [0.717, 1.165) is 25.3 Å². The molecule has 0 radical (unpaired) electrons. The van der Waals surface area contributed by atoms with Crippen LogP contribution < -0.4 is 10.6 Å². The number of ether oxygens (including phenoxy) is 1. The summed E-state index contributed by atoms with van der Waals surface area (Å²) in [5, 5.41) is 6.36. The van der Waals surface area contributed by atoms with Crippen molar-refractivity contribution in [2.45, 2.75) is 26.7 Å². The van der Waals surface area contributed by atoms with Crippen molar-refractivity contribution in [1.29, 1.82) is 0 Å². The van der Waals surface area contributed by atoms with Gasteiger partial charge in [-0.25, -0.2) is 12.7 Å². The Kier molecular flexibility index (Phi) is 11.3. The highest BCUT2D eigenvalue weighted by atomic mass is 32.2. The number of hydrogen-bond acceptors (Lipinski definition) is 4. The van der Waals surface area contributed by atoms with Crippen LogP contribution in [0.1, 0.15) is 26.7 Å². The van der Waals surface area contributed by atoms with E-state index in [9.17, 15) is 8.42 Å². The molecule has 0 aromatic rings. The molecule has 0 atom stereocenters. The third kappa shape index (κ3) is 10.5. The average Bonchev–Trinajstić information content (AvgIpc) is 2.41. The summed E-state index contributed by atoms with van der Waals surface area (Å²) >= 11 is 0. The van der Waals surface area contributed by atoms with Crippen LogP contribution in [-0.2, 0) is 14.8 Å². The van der Waals surface area contributed by atoms with E-state index < -0.39 is 10.0 Å². The van der Waals surface area contributed by atoms with Crippen molar-refractivity contribution >= 4 is 16.0 Å². The first-order valence-corrected chi connectivity index (χ1v) is 9.26. The molecule has 8 heteroatoms. The molecule has 0 aliphatic heterocycles. The SMILES string of the molecule is CCNC(=NCCCOC)NCCCN(CC)S(C)(=O)=O. The summed E-state index contributed by atoms with van der Waals surface area (Å²) in [4.78, 5) is 4.42. The Balaban J connectivity index is 4.08. The Morgan fingerprint density at radius 1 is 1.24 bits per heavy atom. The summed E-state index contributed by atoms with van der Waals surface area (Å²) in [6, 6.07) is 0. The van der Waals surface area contributed by atoms with Crippen LogP contribution in [0.3, 0.4) is 0 Å². The minimum Gasteiger partial charge on any atom is -0.385 e. The summed E-state index contributed by atoms with van der Waals surface area (Å²) < 4.78 is 29.4. The Hall–Kier alpha value is -0.860. The normalized spacial score (nSPS) is 12.7. The molecule has 0 aromatic heterocycles. The van der Waals surface area contributed by atoms with Crippen molar-refractivity contribution in [3.05, 3.63) is 0 Å². The standard InChI is InChI=1S/C13H30N4O3S/c1-5-14-13(16-10-8-12-20-3)15-9-7-11-17(6-2)21(4,18)19/h5-12H2,1-4H3,(H2,14,15,16). The fourth-order valence-electron chi connectivity index (χ4n) is 1.76. The van der Waals surface area contributed by atoms with Crippen molar-refractivity contribution in [1.82, 2.24) is 14.9 Å². The zero-order valence-electron chi connectivity index (χ0n) is 13.7. The van der Waals surface area contributed by atoms with Gasteiger partial charge < -0.3 is 15.4 Å². The first-order chi connectivity index (χ1) is 9.95. The molecule has 0 spiro atoms. The molecule has 2 N–H and O–H groups in total. The van der Waals surface area contributed by atoms with Gasteiger partial charge in [-0.2, -0.15) is 0 Å². The molecule has 0 saturated carbocycles. The highest BCUT2D eigenvalue weighted by Gasteiger charge is 2.13. The maximum atomic E-state index is 11.5. The fraction of sp³-hybridized carbons (Fsp3) is 0.923. The van der Waals surface area contributed by atoms with Crippen LogP contribution in [0.4, 0.5) is 0 Å². The van der Waals surface area contributed by atoms with Gasteiger partial charge >= 0.3 is 0 Å². The minimum atomic E-state index is -3.10. The first-order valence-electron chi connectivity index (χ1n) is 7.41. The molecular weight excluding hydrogens is 292 g/mol. The van der Waals surface area contributed by atoms with Crippen molar-refractivity contribution in [2.75, 3.05) is 52.7 Å². The van der Waals surface area contributed by atoms with Crippen molar-refractivity contribution in [2.24, 2.45) is 4.99 Å². The molecule has 0 amide bonds. The number of aliphatic imine (C=N–C) groups is 1. The molecule has 0 bridgehead atoms. The lowest BCUT2D eigenvalue weighted by molar-refractivity contribution is 0.197. The second-order valence-electron chi connectivity index (χ2n) is 4.64. The number of nitrogens with zero attached hydrogens (tertiary/aromatic N) is 2. The number of rotatable bonds is 11. The van der Waals surface area contributed by atoms with Crippen LogP contribution in [0.5, 0.6) is 0 Å². The Morgan fingerprint density at radius 2 is 1.95 bits per heavy atom. The van der Waals surface area contributed by atoms with Crippen molar-refractivity contribution in [3.8, 4) is 0 Å². The molecule has 0 fully saturated rings. The van der Waals surface area contributed by atoms with Gasteiger partial charge in [0.25, 0.3) is 0 Å². The summed E-state index contributed by atoms with van der Waals surface area (Å²) in [5.41, 5.74) is 0. The van der Waals surface area contributed by atoms with Crippen LogP contribution in [-0.4, -0.2) is 71.4 Å². The molecule has 0 rings (SSSR count). The van der Waals surface area contributed by atoms with Gasteiger partial charge in [-0.05, 0) is 19.8 Å². The molecule has 126 valence electrons. The van der Waals surface area contributed by atoms with Crippen molar-refractivity contribution in [3.63, 3.8) is 0 Å². The van der Waals surface area contributed by atoms with Crippen LogP contribution in [0, 0.1) is 0 Å². The summed E-state index contributed by atoms with van der Waals surface area (Å²) in [6.07, 6.45) is 2.86. The predicted octanol–water partition coefficient (Wildman–Crippen LogP) is 0.250. The molecule has 7 nitrogen and oxygen atoms in total. The van der Waals surface area contributed by atoms with Gasteiger partial charge in [-0.15, -0.1) is 0 Å². The van der Waals surface area contributed by atoms with Crippen LogP contribution in [0.25, 0.3) is 0 Å². The van der Waals surface area contributed by atoms with Crippen molar-refractivity contribution < 1.29 is 13.2 Å². The van der Waals surface area contributed by atoms with Gasteiger partial charge in [0.15, 0.2) is 5.96 Å². The molecule has 0 unspecified atom stereocenters. The van der Waals surface area contributed by atoms with E-state index >= 15 is 0 Å². The zero-order chi connectivity index (χ0) is 16.1. The quantitative estimate of drug-likeness (QED) is 0.324. The van der Waals surface area contributed by atoms with E-state index in [1.165, 1.54) is 10.6 Å². The fourth-order valence-corrected chi connectivity index (χ4v) is 2.69. The monoisotopic (exact) mass is 322 g/mol. The molecule has 0 saturated heterocycles. The number of nitrogens with one attached hydrogen (secondary N) is 2. The summed E-state index contributed by atoms with van der Waals surface area (Å²) in [7, 11) is -1.43. The summed E-state index contributed by atoms with van der Waals surface area (Å²) in [6.45, 7) is 7.75. The number of methoxy groups -OCH3 is 1. The predicted molar refractivity (Wildman–Crippen MR) is 87.2 cm³/mol. The Morgan fingerprint density at radius 3 is 2.48 bits per heavy atom. The van der Waals surface area contributed by atoms with Gasteiger partial charge in [0.05, 0.1) is 6.26 Å². The lowest BCUT2D eigenvalue weighted by Crippen LogP contribution is -2.39. The largest absolute Gasteiger partial charge is 0.385 e. The topological polar surface area (TPSA) is 83.0 Å². The average molecular weight is 322 g/mol. The lowest BCUT2D eigenvalue weighted by Gasteiger charge is -2.18. The van der Waals surface area contributed by atoms with Crippen LogP contribution in [0.15, 0.2) is 4.99 Å². The second-order valence-corrected chi connectivity index (χ2v) is 6.62. The van der Waals surface area contributed by atoms with Crippen LogP contribution in [0.2, 0.25) is 0 Å². The van der Waals surface area contributed by atoms with Gasteiger partial charge in [0.2, 0.25) is 10.0 Å². The highest BCUT2D eigenvalue weighted by molar-refractivity contribution is 7.88. The van der Waals surface area contributed by atoms with Gasteiger partial charge in [0, 0.05) is 46.4 Å². The minimum absolute atomic E-state index is 0.504. The maximum absolute atomic E-state index is 11.5. The van der Waals surface area contributed by atoms with E-state index in [4.69, 9.17) is 4.74 Å². The van der Waals surface area contributed by atoms with Gasteiger partial charge in [0.1, 0.15) is 0 Å². The molecular formula is C13H30N4O3S. The first kappa shape index (κ1) is 20.1. The molecule has 0 aliphatic carbocycles. The lowest BCUT2D eigenvalue weighted by atomic mass is 10.4. The summed E-state index contributed by atoms with van der Waals surface area (Å²) in [5.74, 6) is 0.760. The van der Waals surface area contributed by atoms with E-state index in [1.54, 1.807) is 7.11 Å². The smallest absolute Gasteiger partial charge is 0.211 e. The molecule has 0 aliphatic rings. The van der Waals surface area contributed by atoms with Gasteiger partial charge in [-0.1, -0.05) is 6.92 Å². The third-order valence-corrected chi connectivity index (χ3v) is 4.20. The maximum Gasteiger partial charge on any atom is 0.211 e. The second kappa shape index (κ2) is 11.8. The highest BCUT2D eigenvalue weighted by Crippen LogP contribution is 1.98. The molecule has 0 aromatic carbocycles. The van der Waals surface area contributed by atoms with E-state index in [0.29, 0.717) is 32.8 Å². The molecule has 21 heavy (non-hydrogen) atoms.